The van der Waals surface area contributed by atoms with Gasteiger partial charge < -0.3 is 62.2 Å². The van der Waals surface area contributed by atoms with Gasteiger partial charge in [-0.3, -0.25) is 0 Å². The van der Waals surface area contributed by atoms with Crippen molar-refractivity contribution in [2.24, 2.45) is 0 Å². The Morgan fingerprint density at radius 3 is 1.21 bits per heavy atom. The predicted octanol–water partition coefficient (Wildman–Crippen LogP) is 5.22. The highest BCUT2D eigenvalue weighted by Crippen LogP contribution is 2.32. The number of hydrogen-bond acceptors (Lipinski definition) is 14. The SMILES string of the molecule is O=C(OCCOCCOCCOCCOCCOCCOCCOCCOCCOCCOCCOCCI)c1ccccc1Nc1cccc(C(F)(F)F)c1. The van der Waals surface area contributed by atoms with Gasteiger partial charge in [0.15, 0.2) is 0 Å². The van der Waals surface area contributed by atoms with Gasteiger partial charge in [0, 0.05) is 10.1 Å². The van der Waals surface area contributed by atoms with Crippen LogP contribution in [0.5, 0.6) is 0 Å². The largest absolute Gasteiger partial charge is 0.460 e. The van der Waals surface area contributed by atoms with E-state index in [-0.39, 0.29) is 24.5 Å². The molecular formula is C38H57F3INO13. The molecule has 0 unspecified atom stereocenters. The van der Waals surface area contributed by atoms with Crippen molar-refractivity contribution in [3.8, 4) is 0 Å². The lowest BCUT2D eigenvalue weighted by atomic mass is 10.1. The Kier molecular flexibility index (Phi) is 31.0. The zero-order valence-corrected chi connectivity index (χ0v) is 34.1. The second-order valence-electron chi connectivity index (χ2n) is 11.3. The van der Waals surface area contributed by atoms with Crippen LogP contribution in [0.15, 0.2) is 48.5 Å². The van der Waals surface area contributed by atoms with E-state index >= 15 is 0 Å². The molecule has 0 aromatic heterocycles. The Balaban J connectivity index is 1.27. The number of carbonyl (C=O) groups excluding carboxylic acids is 1. The van der Waals surface area contributed by atoms with Crippen LogP contribution in [0.3, 0.4) is 0 Å². The van der Waals surface area contributed by atoms with Crippen LogP contribution >= 0.6 is 22.6 Å². The molecule has 0 bridgehead atoms. The number of carbonyl (C=O) groups is 1. The third kappa shape index (κ3) is 27.4. The van der Waals surface area contributed by atoms with Gasteiger partial charge in [0.1, 0.15) is 6.61 Å². The molecule has 0 atom stereocenters. The van der Waals surface area contributed by atoms with Crippen molar-refractivity contribution in [2.45, 2.75) is 6.18 Å². The Hall–Kier alpha value is -2.21. The number of para-hydroxylation sites is 1. The van der Waals surface area contributed by atoms with E-state index in [1.54, 1.807) is 18.2 Å². The standard InChI is InChI=1S/C38H57F3INO13/c39-38(40,41)33-4-3-5-34(32-33)43-36-7-2-1-6-35(36)37(44)56-31-30-55-29-28-54-27-26-53-25-24-52-23-22-51-21-20-50-19-18-49-17-16-48-15-14-47-13-12-46-11-10-45-9-8-42/h1-7,32,43H,8-31H2. The fraction of sp³-hybridized carbons (Fsp3) is 0.658. The summed E-state index contributed by atoms with van der Waals surface area (Å²) in [5, 5.41) is 2.86. The molecule has 14 nitrogen and oxygen atoms in total. The molecule has 2 aromatic carbocycles. The molecule has 0 saturated heterocycles. The second-order valence-corrected chi connectivity index (χ2v) is 12.4. The molecule has 0 aliphatic heterocycles. The Labute approximate surface area is 341 Å². The van der Waals surface area contributed by atoms with Crippen molar-refractivity contribution in [2.75, 3.05) is 162 Å². The van der Waals surface area contributed by atoms with Crippen LogP contribution in [0, 0.1) is 0 Å². The zero-order chi connectivity index (χ0) is 40.2. The van der Waals surface area contributed by atoms with Gasteiger partial charge >= 0.3 is 12.1 Å². The molecule has 2 rings (SSSR count). The van der Waals surface area contributed by atoms with E-state index in [9.17, 15) is 18.0 Å². The fourth-order valence-electron chi connectivity index (χ4n) is 4.33. The number of esters is 1. The molecule has 56 heavy (non-hydrogen) atoms. The monoisotopic (exact) mass is 919 g/mol. The maximum absolute atomic E-state index is 13.1. The fourth-order valence-corrected chi connectivity index (χ4v) is 4.64. The van der Waals surface area contributed by atoms with Gasteiger partial charge in [-0.05, 0) is 30.3 Å². The quantitative estimate of drug-likeness (QED) is 0.0408. The van der Waals surface area contributed by atoms with Crippen molar-refractivity contribution in [1.29, 1.82) is 0 Å². The minimum atomic E-state index is -4.48. The smallest absolute Gasteiger partial charge is 0.416 e. The van der Waals surface area contributed by atoms with Crippen LogP contribution in [-0.2, 0) is 63.0 Å². The number of ether oxygens (including phenoxy) is 12. The number of halogens is 4. The summed E-state index contributed by atoms with van der Waals surface area (Å²) in [5.74, 6) is -0.629. The molecule has 2 aromatic rings. The van der Waals surface area contributed by atoms with E-state index in [0.717, 1.165) is 23.2 Å². The first-order chi connectivity index (χ1) is 27.4. The molecule has 0 amide bonds. The van der Waals surface area contributed by atoms with Crippen LogP contribution in [0.1, 0.15) is 15.9 Å². The summed E-state index contributed by atoms with van der Waals surface area (Å²) in [6.45, 7) is 10.3. The van der Waals surface area contributed by atoms with Crippen LogP contribution in [0.2, 0.25) is 0 Å². The second kappa shape index (κ2) is 34.8. The lowest BCUT2D eigenvalue weighted by Gasteiger charge is -2.13. The highest BCUT2D eigenvalue weighted by Gasteiger charge is 2.30. The number of nitrogens with one attached hydrogen (secondary N) is 1. The number of hydrogen-bond donors (Lipinski definition) is 1. The lowest BCUT2D eigenvalue weighted by molar-refractivity contribution is -0.137. The maximum Gasteiger partial charge on any atom is 0.416 e. The summed E-state index contributed by atoms with van der Waals surface area (Å²) in [6.07, 6.45) is -4.48. The first kappa shape index (κ1) is 49.9. The minimum Gasteiger partial charge on any atom is -0.460 e. The van der Waals surface area contributed by atoms with E-state index < -0.39 is 17.7 Å². The topological polar surface area (TPSA) is 140 Å². The van der Waals surface area contributed by atoms with Gasteiger partial charge in [0.25, 0.3) is 0 Å². The molecule has 0 aliphatic rings. The summed E-state index contributed by atoms with van der Waals surface area (Å²) in [5.41, 5.74) is -0.0928. The number of benzene rings is 2. The van der Waals surface area contributed by atoms with Gasteiger partial charge in [-0.2, -0.15) is 13.2 Å². The average molecular weight is 920 g/mol. The van der Waals surface area contributed by atoms with E-state index in [4.69, 9.17) is 56.8 Å². The predicted molar refractivity (Wildman–Crippen MR) is 209 cm³/mol. The molecule has 0 saturated carbocycles. The highest BCUT2D eigenvalue weighted by molar-refractivity contribution is 14.1. The zero-order valence-electron chi connectivity index (χ0n) is 31.9. The lowest BCUT2D eigenvalue weighted by Crippen LogP contribution is -2.16. The first-order valence-electron chi connectivity index (χ1n) is 18.5. The first-order valence-corrected chi connectivity index (χ1v) is 20.1. The Morgan fingerprint density at radius 1 is 0.482 bits per heavy atom. The summed E-state index contributed by atoms with van der Waals surface area (Å²) in [4.78, 5) is 12.6. The van der Waals surface area contributed by atoms with Gasteiger partial charge in [0.2, 0.25) is 0 Å². The van der Waals surface area contributed by atoms with Crippen molar-refractivity contribution in [1.82, 2.24) is 0 Å². The highest BCUT2D eigenvalue weighted by atomic mass is 127. The Morgan fingerprint density at radius 2 is 0.839 bits per heavy atom. The average Bonchev–Trinajstić information content (AvgIpc) is 3.19. The third-order valence-corrected chi connectivity index (χ3v) is 7.46. The third-order valence-electron chi connectivity index (χ3n) is 7.02. The number of anilines is 2. The van der Waals surface area contributed by atoms with E-state index in [1.807, 2.05) is 0 Å². The summed E-state index contributed by atoms with van der Waals surface area (Å²) >= 11 is 2.27. The normalized spacial score (nSPS) is 11.6. The minimum absolute atomic E-state index is 0.00273. The summed E-state index contributed by atoms with van der Waals surface area (Å²) < 4.78 is 105. The molecule has 0 fully saturated rings. The van der Waals surface area contributed by atoms with Crippen molar-refractivity contribution in [3.63, 3.8) is 0 Å². The molecule has 18 heteroatoms. The summed E-state index contributed by atoms with van der Waals surface area (Å²) in [7, 11) is 0. The van der Waals surface area contributed by atoms with Gasteiger partial charge in [-0.15, -0.1) is 0 Å². The molecule has 0 spiro atoms. The summed E-state index contributed by atoms with van der Waals surface area (Å²) in [6, 6.07) is 11.1. The van der Waals surface area contributed by atoms with Crippen LogP contribution in [-0.4, -0.2) is 162 Å². The van der Waals surface area contributed by atoms with Crippen molar-refractivity contribution >= 4 is 39.9 Å². The van der Waals surface area contributed by atoms with Crippen molar-refractivity contribution in [3.05, 3.63) is 59.7 Å². The number of alkyl halides is 4. The van der Waals surface area contributed by atoms with Crippen molar-refractivity contribution < 1.29 is 74.8 Å². The van der Waals surface area contributed by atoms with E-state index in [0.29, 0.717) is 138 Å². The molecule has 0 radical (unpaired) electrons. The van der Waals surface area contributed by atoms with Gasteiger partial charge in [-0.25, -0.2) is 4.79 Å². The molecular weight excluding hydrogens is 862 g/mol. The van der Waals surface area contributed by atoms with Gasteiger partial charge in [0.05, 0.1) is 162 Å². The van der Waals surface area contributed by atoms with Crippen LogP contribution in [0.4, 0.5) is 24.5 Å². The molecule has 1 N–H and O–H groups in total. The number of rotatable bonds is 38. The van der Waals surface area contributed by atoms with Crippen LogP contribution < -0.4 is 5.32 Å². The van der Waals surface area contributed by atoms with Crippen LogP contribution in [0.25, 0.3) is 0 Å². The van der Waals surface area contributed by atoms with Gasteiger partial charge in [-0.1, -0.05) is 40.8 Å². The van der Waals surface area contributed by atoms with E-state index in [1.165, 1.54) is 18.2 Å². The van der Waals surface area contributed by atoms with E-state index in [2.05, 4.69) is 27.9 Å². The molecule has 0 heterocycles. The molecule has 320 valence electrons. The Bertz CT molecular complexity index is 1240. The molecule has 0 aliphatic carbocycles. The maximum atomic E-state index is 13.1.